The zero-order chi connectivity index (χ0) is 25.9. The monoisotopic (exact) mass is 502 g/mol. The summed E-state index contributed by atoms with van der Waals surface area (Å²) in [4.78, 5) is 24.6. The molecule has 37 heavy (non-hydrogen) atoms. The van der Waals surface area contributed by atoms with E-state index >= 15 is 0 Å². The van der Waals surface area contributed by atoms with Crippen LogP contribution in [0, 0.1) is 5.92 Å². The smallest absolute Gasteiger partial charge is 0.231 e. The summed E-state index contributed by atoms with van der Waals surface area (Å²) in [5.74, 6) is 0.620. The van der Waals surface area contributed by atoms with Crippen LogP contribution in [0.2, 0.25) is 0 Å². The topological polar surface area (TPSA) is 118 Å². The molecule has 0 bridgehead atoms. The number of piperidine rings is 1. The maximum Gasteiger partial charge on any atom is 0.231 e. The van der Waals surface area contributed by atoms with E-state index in [9.17, 15) is 9.90 Å². The van der Waals surface area contributed by atoms with Gasteiger partial charge < -0.3 is 20.3 Å². The Hall–Kier alpha value is -3.76. The fraction of sp³-hybridized carbons (Fsp3) is 0.407. The van der Waals surface area contributed by atoms with Crippen molar-refractivity contribution >= 4 is 22.8 Å². The van der Waals surface area contributed by atoms with Gasteiger partial charge in [-0.15, -0.1) is 0 Å². The first-order valence-corrected chi connectivity index (χ1v) is 12.7. The number of hydrogen-bond acceptors (Lipinski definition) is 7. The number of nitrogens with two attached hydrogens (primary N) is 1. The number of rotatable bonds is 9. The molecule has 1 amide bonds. The van der Waals surface area contributed by atoms with Gasteiger partial charge in [-0.2, -0.15) is 5.10 Å². The van der Waals surface area contributed by atoms with Crippen molar-refractivity contribution in [1.82, 2.24) is 29.2 Å². The molecule has 1 aliphatic heterocycles. The summed E-state index contributed by atoms with van der Waals surface area (Å²) in [6, 6.07) is 10.6. The molecular formula is C27H34N8O2. The summed E-state index contributed by atoms with van der Waals surface area (Å²) in [5.41, 5.74) is 9.62. The minimum atomic E-state index is -0.520. The van der Waals surface area contributed by atoms with Crippen molar-refractivity contribution in [3.8, 4) is 11.1 Å². The molecule has 10 heteroatoms. The van der Waals surface area contributed by atoms with Crippen molar-refractivity contribution in [2.24, 2.45) is 18.7 Å². The van der Waals surface area contributed by atoms with E-state index in [0.29, 0.717) is 13.1 Å². The quantitative estimate of drug-likeness (QED) is 0.359. The summed E-state index contributed by atoms with van der Waals surface area (Å²) in [6.45, 7) is 5.71. The maximum absolute atomic E-state index is 11.2. The number of aryl methyl sites for hydroxylation is 1. The van der Waals surface area contributed by atoms with Crippen molar-refractivity contribution in [1.29, 1.82) is 0 Å². The zero-order valence-electron chi connectivity index (χ0n) is 21.4. The molecule has 0 saturated carbocycles. The number of aliphatic hydroxyl groups is 1. The molecule has 0 spiro atoms. The summed E-state index contributed by atoms with van der Waals surface area (Å²) < 4.78 is 3.91. The number of carbonyl (C=O) groups excluding carboxylic acids is 1. The maximum atomic E-state index is 11.2. The Morgan fingerprint density at radius 3 is 2.68 bits per heavy atom. The predicted molar refractivity (Wildman–Crippen MR) is 143 cm³/mol. The van der Waals surface area contributed by atoms with Crippen LogP contribution in [0.25, 0.3) is 22.2 Å². The van der Waals surface area contributed by atoms with Crippen LogP contribution in [-0.4, -0.2) is 72.5 Å². The number of likely N-dealkylation sites (tertiary alicyclic amines) is 1. The molecular weight excluding hydrogens is 468 g/mol. The van der Waals surface area contributed by atoms with E-state index < -0.39 is 6.10 Å². The summed E-state index contributed by atoms with van der Waals surface area (Å²) in [6.07, 6.45) is 7.81. The molecule has 4 heterocycles. The van der Waals surface area contributed by atoms with Gasteiger partial charge in [0.1, 0.15) is 17.8 Å². The number of fused-ring (bicyclic) bond motifs is 1. The Kier molecular flexibility index (Phi) is 7.20. The highest BCUT2D eigenvalue weighted by Crippen LogP contribution is 2.28. The Balaban J connectivity index is 1.31. The van der Waals surface area contributed by atoms with E-state index in [1.165, 1.54) is 5.56 Å². The van der Waals surface area contributed by atoms with E-state index in [-0.39, 0.29) is 18.4 Å². The molecule has 5 rings (SSSR count). The Bertz CT molecular complexity index is 1360. The summed E-state index contributed by atoms with van der Waals surface area (Å²) in [7, 11) is 1.92. The van der Waals surface area contributed by atoms with Gasteiger partial charge in [-0.1, -0.05) is 24.3 Å². The van der Waals surface area contributed by atoms with E-state index in [1.54, 1.807) is 6.33 Å². The lowest BCUT2D eigenvalue weighted by Gasteiger charge is -2.35. The molecule has 1 fully saturated rings. The minimum absolute atomic E-state index is 0.0822. The molecule has 2 atom stereocenters. The first-order chi connectivity index (χ1) is 17.9. The number of β-amino-alcohol motifs (C(OH)–C–C–N with tert-alkyl or cyclic N) is 1. The number of aromatic nitrogens is 5. The lowest BCUT2D eigenvalue weighted by molar-refractivity contribution is -0.120. The second-order valence-electron chi connectivity index (χ2n) is 9.83. The van der Waals surface area contributed by atoms with Crippen molar-refractivity contribution in [3.63, 3.8) is 0 Å². The number of amides is 1. The van der Waals surface area contributed by atoms with Gasteiger partial charge in [0.05, 0.1) is 24.2 Å². The van der Waals surface area contributed by atoms with E-state index in [0.717, 1.165) is 54.0 Å². The average Bonchev–Trinajstić information content (AvgIpc) is 3.50. The van der Waals surface area contributed by atoms with Crippen molar-refractivity contribution in [2.75, 3.05) is 31.1 Å². The first kappa shape index (κ1) is 24.9. The summed E-state index contributed by atoms with van der Waals surface area (Å²) in [5, 5.41) is 16.0. The fourth-order valence-electron chi connectivity index (χ4n) is 5.19. The summed E-state index contributed by atoms with van der Waals surface area (Å²) >= 11 is 0. The fourth-order valence-corrected chi connectivity index (χ4v) is 5.19. The highest BCUT2D eigenvalue weighted by molar-refractivity contribution is 5.87. The van der Waals surface area contributed by atoms with Gasteiger partial charge in [0.25, 0.3) is 0 Å². The van der Waals surface area contributed by atoms with Crippen molar-refractivity contribution in [3.05, 3.63) is 60.8 Å². The largest absolute Gasteiger partial charge is 0.391 e. The Morgan fingerprint density at radius 1 is 1.19 bits per heavy atom. The SMILES string of the molecule is CCN(Cc1ccc(-c2cnn(C)c2)cc1)c1ncnc2c1ccn2C[C@@H]1CCN(CC(N)=O)C[C@H]1O. The third-order valence-corrected chi connectivity index (χ3v) is 7.20. The molecule has 1 aromatic carbocycles. The average molecular weight is 503 g/mol. The van der Waals surface area contributed by atoms with Gasteiger partial charge in [-0.25, -0.2) is 9.97 Å². The Labute approximate surface area is 216 Å². The van der Waals surface area contributed by atoms with Gasteiger partial charge in [0.2, 0.25) is 5.91 Å². The molecule has 1 aliphatic rings. The van der Waals surface area contributed by atoms with E-state index in [2.05, 4.69) is 61.8 Å². The van der Waals surface area contributed by atoms with Crippen molar-refractivity contribution < 1.29 is 9.90 Å². The second kappa shape index (κ2) is 10.7. The molecule has 10 nitrogen and oxygen atoms in total. The predicted octanol–water partition coefficient (Wildman–Crippen LogP) is 2.03. The van der Waals surface area contributed by atoms with Crippen LogP contribution in [-0.2, 0) is 24.9 Å². The van der Waals surface area contributed by atoms with E-state index in [4.69, 9.17) is 5.73 Å². The van der Waals surface area contributed by atoms with E-state index in [1.807, 2.05) is 35.2 Å². The number of aliphatic hydroxyl groups excluding tert-OH is 1. The van der Waals surface area contributed by atoms with Crippen LogP contribution >= 0.6 is 0 Å². The lowest BCUT2D eigenvalue weighted by atomic mass is 9.93. The van der Waals surface area contributed by atoms with Crippen LogP contribution in [0.15, 0.2) is 55.2 Å². The highest BCUT2D eigenvalue weighted by Gasteiger charge is 2.29. The number of benzene rings is 1. The van der Waals surface area contributed by atoms with Gasteiger partial charge in [0.15, 0.2) is 0 Å². The van der Waals surface area contributed by atoms with Crippen molar-refractivity contribution in [2.45, 2.75) is 32.5 Å². The van der Waals surface area contributed by atoms with Crippen LogP contribution < -0.4 is 10.6 Å². The van der Waals surface area contributed by atoms with Crippen LogP contribution in [0.3, 0.4) is 0 Å². The number of hydrogen-bond donors (Lipinski definition) is 2. The van der Waals surface area contributed by atoms with Gasteiger partial charge in [-0.3, -0.25) is 14.4 Å². The Morgan fingerprint density at radius 2 is 2.00 bits per heavy atom. The van der Waals surface area contributed by atoms with Crippen LogP contribution in [0.1, 0.15) is 18.9 Å². The number of primary amides is 1. The number of nitrogens with zero attached hydrogens (tertiary/aromatic N) is 7. The van der Waals surface area contributed by atoms with Gasteiger partial charge in [0, 0.05) is 57.1 Å². The molecule has 1 saturated heterocycles. The molecule has 194 valence electrons. The standard InChI is InChI=1S/C27H34N8O2/c1-3-34(13-19-4-6-20(7-5-19)22-12-31-32(2)14-22)26-23-9-11-35(27(23)30-18-29-26)15-21-8-10-33(16-24(21)36)17-25(28)37/h4-7,9,11-12,14,18,21,24,36H,3,8,10,13,15-17H2,1-2H3,(H2,28,37)/t21-,24+/m0/s1. The number of anilines is 1. The molecule has 3 N–H and O–H groups in total. The van der Waals surface area contributed by atoms with Crippen LogP contribution in [0.4, 0.5) is 5.82 Å². The molecule has 4 aromatic rings. The molecule has 3 aromatic heterocycles. The highest BCUT2D eigenvalue weighted by atomic mass is 16.3. The van der Waals surface area contributed by atoms with Gasteiger partial charge in [-0.05, 0) is 37.1 Å². The third kappa shape index (κ3) is 5.50. The minimum Gasteiger partial charge on any atom is -0.391 e. The normalized spacial score (nSPS) is 18.4. The molecule has 0 radical (unpaired) electrons. The first-order valence-electron chi connectivity index (χ1n) is 12.7. The third-order valence-electron chi connectivity index (χ3n) is 7.20. The lowest BCUT2D eigenvalue weighted by Crippen LogP contribution is -2.47. The van der Waals surface area contributed by atoms with Crippen LogP contribution in [0.5, 0.6) is 0 Å². The number of carbonyl (C=O) groups is 1. The second-order valence-corrected chi connectivity index (χ2v) is 9.83. The van der Waals surface area contributed by atoms with Gasteiger partial charge >= 0.3 is 0 Å². The molecule has 0 unspecified atom stereocenters. The molecule has 0 aliphatic carbocycles. The zero-order valence-corrected chi connectivity index (χ0v) is 21.4.